The second-order valence-corrected chi connectivity index (χ2v) is 5.74. The highest BCUT2D eigenvalue weighted by atomic mass is 16.2. The summed E-state index contributed by atoms with van der Waals surface area (Å²) in [5.74, 6) is 0.371. The smallest absolute Gasteiger partial charge is 0.240 e. The fourth-order valence-corrected chi connectivity index (χ4v) is 2.29. The Bertz CT molecular complexity index is 645. The molecule has 5 nitrogen and oxygen atoms in total. The minimum Gasteiger partial charge on any atom is -0.348 e. The van der Waals surface area contributed by atoms with Crippen LogP contribution in [0.15, 0.2) is 53.8 Å². The zero-order valence-corrected chi connectivity index (χ0v) is 12.9. The van der Waals surface area contributed by atoms with E-state index in [0.29, 0.717) is 5.92 Å². The van der Waals surface area contributed by atoms with E-state index >= 15 is 0 Å². The number of rotatable bonds is 6. The van der Waals surface area contributed by atoms with E-state index in [1.54, 1.807) is 29.4 Å². The van der Waals surface area contributed by atoms with Crippen LogP contribution in [-0.4, -0.2) is 15.5 Å². The van der Waals surface area contributed by atoms with Crippen molar-refractivity contribution in [3.8, 4) is 0 Å². The largest absolute Gasteiger partial charge is 0.348 e. The van der Waals surface area contributed by atoms with Gasteiger partial charge in [-0.15, -0.1) is 0 Å². The van der Waals surface area contributed by atoms with Gasteiger partial charge in [0.2, 0.25) is 5.91 Å². The Morgan fingerprint density at radius 1 is 1.27 bits per heavy atom. The third-order valence-electron chi connectivity index (χ3n) is 3.32. The molecule has 22 heavy (non-hydrogen) atoms. The second-order valence-electron chi connectivity index (χ2n) is 5.74. The van der Waals surface area contributed by atoms with Gasteiger partial charge in [0.05, 0.1) is 6.04 Å². The van der Waals surface area contributed by atoms with Crippen LogP contribution >= 0.6 is 0 Å². The monoisotopic (exact) mass is 299 g/mol. The van der Waals surface area contributed by atoms with Crippen molar-refractivity contribution >= 4 is 5.91 Å². The van der Waals surface area contributed by atoms with E-state index in [1.807, 2.05) is 12.1 Å². The van der Waals surface area contributed by atoms with Crippen molar-refractivity contribution in [3.63, 3.8) is 0 Å². The molecule has 0 aliphatic carbocycles. The molecular formula is C17H21N3O2. The molecule has 1 N–H and O–H groups in total. The lowest BCUT2D eigenvalue weighted by Crippen LogP contribution is -2.32. The molecule has 0 bridgehead atoms. The zero-order valence-electron chi connectivity index (χ0n) is 12.9. The molecule has 2 aromatic rings. The number of amides is 1. The van der Waals surface area contributed by atoms with Crippen LogP contribution < -0.4 is 10.7 Å². The Labute approximate surface area is 130 Å². The van der Waals surface area contributed by atoms with Crippen LogP contribution in [-0.2, 0) is 11.3 Å². The number of aromatic nitrogens is 2. The molecule has 116 valence electrons. The van der Waals surface area contributed by atoms with Crippen molar-refractivity contribution in [1.82, 2.24) is 14.9 Å². The van der Waals surface area contributed by atoms with Crippen molar-refractivity contribution in [2.24, 2.45) is 5.92 Å². The van der Waals surface area contributed by atoms with E-state index < -0.39 is 0 Å². The molecule has 1 atom stereocenters. The first-order valence-corrected chi connectivity index (χ1v) is 7.40. The molecule has 5 heteroatoms. The number of nitrogens with one attached hydrogen (secondary N) is 1. The first kappa shape index (κ1) is 15.9. The van der Waals surface area contributed by atoms with Gasteiger partial charge in [0, 0.05) is 36.9 Å². The molecule has 2 heterocycles. The van der Waals surface area contributed by atoms with Crippen LogP contribution in [0.5, 0.6) is 0 Å². The highest BCUT2D eigenvalue weighted by Gasteiger charge is 2.16. The quantitative estimate of drug-likeness (QED) is 0.889. The van der Waals surface area contributed by atoms with Gasteiger partial charge in [-0.3, -0.25) is 14.6 Å². The molecule has 0 aromatic carbocycles. The third-order valence-corrected chi connectivity index (χ3v) is 3.32. The summed E-state index contributed by atoms with van der Waals surface area (Å²) in [5.41, 5.74) is 0.939. The number of hydrogen-bond acceptors (Lipinski definition) is 3. The second kappa shape index (κ2) is 7.54. The first-order chi connectivity index (χ1) is 10.5. The molecule has 0 fully saturated rings. The molecule has 2 aromatic heterocycles. The summed E-state index contributed by atoms with van der Waals surface area (Å²) < 4.78 is 1.69. The van der Waals surface area contributed by atoms with Gasteiger partial charge in [-0.1, -0.05) is 19.9 Å². The molecule has 0 saturated carbocycles. The van der Waals surface area contributed by atoms with E-state index in [2.05, 4.69) is 24.1 Å². The van der Waals surface area contributed by atoms with Crippen LogP contribution in [0.3, 0.4) is 0 Å². The van der Waals surface area contributed by atoms with Gasteiger partial charge in [-0.25, -0.2) is 0 Å². The van der Waals surface area contributed by atoms with Gasteiger partial charge in [0.15, 0.2) is 5.43 Å². The summed E-state index contributed by atoms with van der Waals surface area (Å²) in [6, 6.07) is 6.68. The van der Waals surface area contributed by atoms with Crippen molar-refractivity contribution in [1.29, 1.82) is 0 Å². The van der Waals surface area contributed by atoms with Gasteiger partial charge >= 0.3 is 0 Å². The van der Waals surface area contributed by atoms with Crippen LogP contribution in [0.25, 0.3) is 0 Å². The zero-order chi connectivity index (χ0) is 15.9. The molecule has 0 unspecified atom stereocenters. The van der Waals surface area contributed by atoms with Crippen LogP contribution in [0.1, 0.15) is 31.9 Å². The minimum atomic E-state index is -0.0850. The summed E-state index contributed by atoms with van der Waals surface area (Å²) in [6.45, 7) is 4.43. The van der Waals surface area contributed by atoms with Crippen LogP contribution in [0.2, 0.25) is 0 Å². The predicted molar refractivity (Wildman–Crippen MR) is 85.3 cm³/mol. The Hall–Kier alpha value is -2.43. The highest BCUT2D eigenvalue weighted by molar-refractivity contribution is 5.76. The predicted octanol–water partition coefficient (Wildman–Crippen LogP) is 2.15. The van der Waals surface area contributed by atoms with E-state index in [0.717, 1.165) is 12.0 Å². The number of nitrogens with zero attached hydrogens (tertiary/aromatic N) is 2. The van der Waals surface area contributed by atoms with E-state index in [-0.39, 0.29) is 23.9 Å². The maximum Gasteiger partial charge on any atom is 0.240 e. The number of hydrogen-bond donors (Lipinski definition) is 1. The maximum atomic E-state index is 12.2. The minimum absolute atomic E-state index is 0.0550. The van der Waals surface area contributed by atoms with Crippen molar-refractivity contribution in [3.05, 3.63) is 64.8 Å². The molecular weight excluding hydrogens is 278 g/mol. The van der Waals surface area contributed by atoms with Crippen molar-refractivity contribution < 1.29 is 4.79 Å². The molecule has 0 saturated heterocycles. The Morgan fingerprint density at radius 2 is 2.00 bits per heavy atom. The summed E-state index contributed by atoms with van der Waals surface area (Å²) in [4.78, 5) is 27.4. The maximum absolute atomic E-state index is 12.2. The third kappa shape index (κ3) is 4.84. The molecule has 2 rings (SSSR count). The van der Waals surface area contributed by atoms with E-state index in [1.165, 1.54) is 12.1 Å². The van der Waals surface area contributed by atoms with Gasteiger partial charge in [0.25, 0.3) is 0 Å². The lowest BCUT2D eigenvalue weighted by atomic mass is 9.98. The van der Waals surface area contributed by atoms with Gasteiger partial charge in [-0.2, -0.15) is 0 Å². The summed E-state index contributed by atoms with van der Waals surface area (Å²) in [6.07, 6.45) is 7.58. The molecule has 0 radical (unpaired) electrons. The van der Waals surface area contributed by atoms with Gasteiger partial charge in [-0.05, 0) is 24.0 Å². The van der Waals surface area contributed by atoms with Gasteiger partial charge in [0.1, 0.15) is 6.54 Å². The Morgan fingerprint density at radius 3 is 2.59 bits per heavy atom. The highest BCUT2D eigenvalue weighted by Crippen LogP contribution is 2.20. The summed E-state index contributed by atoms with van der Waals surface area (Å²) in [5, 5.41) is 3.05. The number of carbonyl (C=O) groups is 1. The lowest BCUT2D eigenvalue weighted by molar-refractivity contribution is -0.122. The first-order valence-electron chi connectivity index (χ1n) is 7.40. The average Bonchev–Trinajstić information content (AvgIpc) is 2.49. The fourth-order valence-electron chi connectivity index (χ4n) is 2.29. The molecule has 0 spiro atoms. The Kier molecular flexibility index (Phi) is 5.47. The standard InChI is InChI=1S/C17H21N3O2/c1-13(2)10-16(14-4-3-7-18-11-14)19-17(22)12-20-8-5-15(21)6-9-20/h3-9,11,13,16H,10,12H2,1-2H3,(H,19,22)/t16-/m0/s1. The SMILES string of the molecule is CC(C)C[C@H](NC(=O)Cn1ccc(=O)cc1)c1cccnc1. The van der Waals surface area contributed by atoms with Crippen LogP contribution in [0, 0.1) is 5.92 Å². The van der Waals surface area contributed by atoms with Crippen LogP contribution in [0.4, 0.5) is 0 Å². The molecule has 0 aliphatic heterocycles. The number of pyridine rings is 2. The summed E-state index contributed by atoms with van der Waals surface area (Å²) >= 11 is 0. The normalized spacial score (nSPS) is 12.1. The topological polar surface area (TPSA) is 64.0 Å². The van der Waals surface area contributed by atoms with E-state index in [9.17, 15) is 9.59 Å². The lowest BCUT2D eigenvalue weighted by Gasteiger charge is -2.21. The average molecular weight is 299 g/mol. The summed E-state index contributed by atoms with van der Waals surface area (Å²) in [7, 11) is 0. The van der Waals surface area contributed by atoms with E-state index in [4.69, 9.17) is 0 Å². The molecule has 0 aliphatic rings. The van der Waals surface area contributed by atoms with Crippen molar-refractivity contribution in [2.75, 3.05) is 0 Å². The van der Waals surface area contributed by atoms with Gasteiger partial charge < -0.3 is 9.88 Å². The van der Waals surface area contributed by atoms with Crippen molar-refractivity contribution in [2.45, 2.75) is 32.9 Å². The number of carbonyl (C=O) groups excluding carboxylic acids is 1. The Balaban J connectivity index is 2.04. The fraction of sp³-hybridized carbons (Fsp3) is 0.353. The molecule has 1 amide bonds.